The van der Waals surface area contributed by atoms with Crippen LogP contribution in [0.5, 0.6) is 0 Å². The molecule has 0 aliphatic carbocycles. The summed E-state index contributed by atoms with van der Waals surface area (Å²) in [5.41, 5.74) is 0. The third kappa shape index (κ3) is 177. The average Bonchev–Trinajstić information content (AvgIpc) is 1.46. The van der Waals surface area contributed by atoms with E-state index in [-0.39, 0.29) is 32.7 Å². The van der Waals surface area contributed by atoms with Crippen LogP contribution in [0.25, 0.3) is 0 Å². The van der Waals surface area contributed by atoms with Crippen molar-refractivity contribution in [3.8, 4) is 0 Å². The first-order valence-corrected chi connectivity index (χ1v) is 1.13. The summed E-state index contributed by atoms with van der Waals surface area (Å²) in [6.45, 7) is 5.50. The molecule has 0 aromatic heterocycles. The van der Waals surface area contributed by atoms with Gasteiger partial charge in [0.2, 0.25) is 0 Å². The maximum atomic E-state index is 8.24. The number of aliphatic hydroxyl groups excluding tert-OH is 1. The summed E-state index contributed by atoms with van der Waals surface area (Å²) in [5, 5.41) is 6.76. The van der Waals surface area contributed by atoms with Crippen molar-refractivity contribution in [1.29, 1.82) is 0 Å². The predicted octanol–water partition coefficient (Wildman–Crippen LogP) is 0.449. The summed E-state index contributed by atoms with van der Waals surface area (Å²) in [6.07, 6.45) is 0. The van der Waals surface area contributed by atoms with Gasteiger partial charge in [0.15, 0.2) is 0 Å². The van der Waals surface area contributed by atoms with Crippen LogP contribution in [0.2, 0.25) is 0 Å². The Labute approximate surface area is 62.8 Å². The molecule has 1 radical (unpaired) electrons. The predicted molar refractivity (Wildman–Crippen MR) is 19.4 cm³/mol. The quantitative estimate of drug-likeness (QED) is 0.526. The van der Waals surface area contributed by atoms with Gasteiger partial charge in [-0.15, -0.1) is 0 Å². The number of hydrogen-bond acceptors (Lipinski definition) is 1. The Morgan fingerprint density at radius 3 is 1.67 bits per heavy atom. The maximum absolute atomic E-state index is 8.24. The fourth-order valence-electron chi connectivity index (χ4n) is 0. The van der Waals surface area contributed by atoms with Gasteiger partial charge in [-0.3, -0.25) is 0 Å². The van der Waals surface area contributed by atoms with E-state index in [1.54, 1.807) is 6.92 Å². The van der Waals surface area contributed by atoms with E-state index in [1.165, 1.54) is 0 Å². The standard InChI is InChI=1S/C2H5.CHO2.Y/c1-2;2-1-3;/h1H2,2H3;(H,2,3);/q2*-1;. The molecule has 0 amide bonds. The Morgan fingerprint density at radius 1 is 1.67 bits per heavy atom. The largest absolute Gasteiger partial charge is 0.665 e. The molecule has 2 nitrogen and oxygen atoms in total. The topological polar surface area (TPSA) is 37.3 Å². The molecule has 0 aliphatic heterocycles. The number of rotatable bonds is 0. The second-order valence-corrected chi connectivity index (χ2v) is 0.0913. The van der Waals surface area contributed by atoms with Crippen LogP contribution >= 0.6 is 0 Å². The molecule has 0 heterocycles. The Kier molecular flexibility index (Phi) is 125. The van der Waals surface area contributed by atoms with E-state index in [9.17, 15) is 0 Å². The Balaban J connectivity index is -0.0000000275. The van der Waals surface area contributed by atoms with Crippen LogP contribution in [0.1, 0.15) is 6.92 Å². The van der Waals surface area contributed by atoms with E-state index in [2.05, 4.69) is 6.92 Å². The van der Waals surface area contributed by atoms with Crippen LogP contribution in [0, 0.1) is 6.92 Å². The van der Waals surface area contributed by atoms with Crippen molar-refractivity contribution >= 4 is 6.47 Å². The molecule has 0 fully saturated rings. The minimum Gasteiger partial charge on any atom is -0.665 e. The minimum absolute atomic E-state index is 0. The van der Waals surface area contributed by atoms with E-state index >= 15 is 0 Å². The zero-order chi connectivity index (χ0) is 4.71. The zero-order valence-corrected chi connectivity index (χ0v) is 6.48. The fraction of sp³-hybridized carbons (Fsp3) is 0.333. The van der Waals surface area contributed by atoms with Crippen molar-refractivity contribution in [2.45, 2.75) is 6.92 Å². The van der Waals surface area contributed by atoms with Gasteiger partial charge >= 0.3 is 0 Å². The monoisotopic (exact) mass is 163 g/mol. The second kappa shape index (κ2) is 47.1. The van der Waals surface area contributed by atoms with E-state index < -0.39 is 0 Å². The Morgan fingerprint density at radius 2 is 1.67 bits per heavy atom. The SMILES string of the molecule is O=[C-]O.[CH2-]C.[Y]. The molecular weight excluding hydrogens is 157 g/mol. The molecule has 0 unspecified atom stereocenters. The molecule has 0 bridgehead atoms. The first-order chi connectivity index (χ1) is 2.41. The summed E-state index contributed by atoms with van der Waals surface area (Å²) in [4.78, 5) is 8.24. The molecule has 1 N–H and O–H groups in total. The van der Waals surface area contributed by atoms with Gasteiger partial charge in [-0.25, -0.2) is 0 Å². The molecule has 0 atom stereocenters. The average molecular weight is 163 g/mol. The molecule has 0 spiro atoms. The van der Waals surface area contributed by atoms with Gasteiger partial charge in [0, 0.05) is 32.7 Å². The van der Waals surface area contributed by atoms with Crippen molar-refractivity contribution in [3.63, 3.8) is 0 Å². The summed E-state index contributed by atoms with van der Waals surface area (Å²) in [5.74, 6) is 0. The van der Waals surface area contributed by atoms with E-state index in [1.807, 2.05) is 0 Å². The molecule has 0 aromatic carbocycles. The third-order valence-corrected chi connectivity index (χ3v) is 0. The van der Waals surface area contributed by atoms with Gasteiger partial charge in [-0.05, 0) is 0 Å². The molecular formula is C3H6O2Y-2. The molecule has 35 valence electrons. The molecule has 6 heavy (non-hydrogen) atoms. The van der Waals surface area contributed by atoms with Crippen molar-refractivity contribution in [2.24, 2.45) is 0 Å². The molecule has 0 aliphatic rings. The summed E-state index contributed by atoms with van der Waals surface area (Å²) in [6, 6.07) is 0. The van der Waals surface area contributed by atoms with Crippen molar-refractivity contribution in [3.05, 3.63) is 6.92 Å². The minimum atomic E-state index is 0. The third-order valence-electron chi connectivity index (χ3n) is 0. The van der Waals surface area contributed by atoms with Gasteiger partial charge in [0.25, 0.3) is 0 Å². The second-order valence-electron chi connectivity index (χ2n) is 0.0913. The first-order valence-electron chi connectivity index (χ1n) is 1.13. The van der Waals surface area contributed by atoms with Crippen LogP contribution < -0.4 is 0 Å². The molecule has 0 rings (SSSR count). The Bertz CT molecular complexity index is 16.3. The van der Waals surface area contributed by atoms with Gasteiger partial charge in [-0.1, -0.05) is 6.47 Å². The van der Waals surface area contributed by atoms with Crippen LogP contribution in [0.15, 0.2) is 0 Å². The van der Waals surface area contributed by atoms with E-state index in [0.717, 1.165) is 0 Å². The van der Waals surface area contributed by atoms with Crippen LogP contribution in [-0.4, -0.2) is 11.6 Å². The number of hydrogen-bond donors (Lipinski definition) is 1. The molecule has 0 saturated carbocycles. The van der Waals surface area contributed by atoms with E-state index in [4.69, 9.17) is 9.90 Å². The Hall–Kier alpha value is 0.574. The zero-order valence-electron chi connectivity index (χ0n) is 3.64. The molecule has 0 aromatic rings. The van der Waals surface area contributed by atoms with Gasteiger partial charge in [0.05, 0.1) is 0 Å². The maximum Gasteiger partial charge on any atom is 0 e. The van der Waals surface area contributed by atoms with Crippen molar-refractivity contribution in [2.75, 3.05) is 0 Å². The van der Waals surface area contributed by atoms with Gasteiger partial charge < -0.3 is 16.8 Å². The van der Waals surface area contributed by atoms with Crippen molar-refractivity contribution in [1.82, 2.24) is 0 Å². The van der Waals surface area contributed by atoms with Crippen LogP contribution in [0.3, 0.4) is 0 Å². The van der Waals surface area contributed by atoms with Gasteiger partial charge in [-0.2, -0.15) is 6.92 Å². The van der Waals surface area contributed by atoms with E-state index in [0.29, 0.717) is 6.47 Å². The fourth-order valence-corrected chi connectivity index (χ4v) is 0. The molecule has 3 heteroatoms. The normalized spacial score (nSPS) is 3.00. The molecule has 0 saturated heterocycles. The van der Waals surface area contributed by atoms with Crippen LogP contribution in [0.4, 0.5) is 0 Å². The smallest absolute Gasteiger partial charge is 0 e. The van der Waals surface area contributed by atoms with Crippen LogP contribution in [-0.2, 0) is 37.5 Å². The summed E-state index contributed by atoms with van der Waals surface area (Å²) >= 11 is 0. The first kappa shape index (κ1) is 16.0. The summed E-state index contributed by atoms with van der Waals surface area (Å²) in [7, 11) is 0. The van der Waals surface area contributed by atoms with Gasteiger partial charge in [0.1, 0.15) is 0 Å². The van der Waals surface area contributed by atoms with Crippen molar-refractivity contribution < 1.29 is 42.6 Å². The summed E-state index contributed by atoms with van der Waals surface area (Å²) < 4.78 is 0.